The number of thiophene rings is 1. The smallest absolute Gasteiger partial charge is 0.348 e. The number of rotatable bonds is 3. The molecule has 1 N–H and O–H groups in total. The van der Waals surface area contributed by atoms with Gasteiger partial charge in [-0.1, -0.05) is 0 Å². The molecule has 1 aromatic rings. The average molecular weight is 239 g/mol. The van der Waals surface area contributed by atoms with E-state index in [4.69, 9.17) is 4.74 Å². The maximum Gasteiger partial charge on any atom is 0.348 e. The molecule has 0 aliphatic carbocycles. The number of hydrogen-bond acceptors (Lipinski definition) is 4. The van der Waals surface area contributed by atoms with E-state index in [2.05, 4.69) is 5.32 Å². The molecule has 0 aromatic carbocycles. The monoisotopic (exact) mass is 239 g/mol. The first kappa shape index (κ1) is 11.6. The van der Waals surface area contributed by atoms with Gasteiger partial charge in [-0.05, 0) is 55.3 Å². The summed E-state index contributed by atoms with van der Waals surface area (Å²) in [6.45, 7) is 2.19. The van der Waals surface area contributed by atoms with E-state index in [1.807, 2.05) is 11.4 Å². The molecule has 2 heterocycles. The first-order valence-corrected chi connectivity index (χ1v) is 6.54. The van der Waals surface area contributed by atoms with Crippen LogP contribution in [0.5, 0.6) is 0 Å². The number of hydrogen-bond donors (Lipinski definition) is 1. The first-order valence-electron chi connectivity index (χ1n) is 5.66. The number of nitrogens with one attached hydrogen (secondary N) is 1. The summed E-state index contributed by atoms with van der Waals surface area (Å²) in [6.07, 6.45) is 3.48. The molecule has 1 aliphatic heterocycles. The van der Waals surface area contributed by atoms with Gasteiger partial charge in [-0.2, -0.15) is 0 Å². The van der Waals surface area contributed by atoms with E-state index in [1.165, 1.54) is 31.3 Å². The molecule has 1 saturated heterocycles. The van der Waals surface area contributed by atoms with Gasteiger partial charge in [0, 0.05) is 0 Å². The standard InChI is InChI=1S/C12H17NO2S/c1-15-12(14)11-10(4-6-16-11)7-9-3-2-5-13-8-9/h4,6,9,13H,2-3,5,7-8H2,1H3. The molecular weight excluding hydrogens is 222 g/mol. The van der Waals surface area contributed by atoms with E-state index < -0.39 is 0 Å². The number of carbonyl (C=O) groups excluding carboxylic acids is 1. The second kappa shape index (κ2) is 5.46. The summed E-state index contributed by atoms with van der Waals surface area (Å²) in [7, 11) is 1.44. The third-order valence-electron chi connectivity index (χ3n) is 3.03. The van der Waals surface area contributed by atoms with Crippen LogP contribution < -0.4 is 5.32 Å². The van der Waals surface area contributed by atoms with Crippen molar-refractivity contribution >= 4 is 17.3 Å². The van der Waals surface area contributed by atoms with Gasteiger partial charge in [0.25, 0.3) is 0 Å². The fourth-order valence-electron chi connectivity index (χ4n) is 2.18. The number of piperidine rings is 1. The Kier molecular flexibility index (Phi) is 3.96. The van der Waals surface area contributed by atoms with Crippen molar-refractivity contribution in [3.05, 3.63) is 21.9 Å². The van der Waals surface area contributed by atoms with Gasteiger partial charge in [-0.3, -0.25) is 0 Å². The minimum absolute atomic E-state index is 0.200. The fourth-order valence-corrected chi connectivity index (χ4v) is 3.03. The van der Waals surface area contributed by atoms with Crippen LogP contribution in [0.1, 0.15) is 28.1 Å². The molecule has 16 heavy (non-hydrogen) atoms. The molecule has 4 heteroatoms. The second-order valence-electron chi connectivity index (χ2n) is 4.18. The number of esters is 1. The van der Waals surface area contributed by atoms with Crippen molar-refractivity contribution in [2.45, 2.75) is 19.3 Å². The van der Waals surface area contributed by atoms with Crippen LogP contribution in [0.4, 0.5) is 0 Å². The molecule has 0 bridgehead atoms. The van der Waals surface area contributed by atoms with Gasteiger partial charge in [0.15, 0.2) is 0 Å². The molecule has 0 saturated carbocycles. The summed E-state index contributed by atoms with van der Waals surface area (Å²) < 4.78 is 4.78. The minimum Gasteiger partial charge on any atom is -0.465 e. The molecule has 1 fully saturated rings. The number of ether oxygens (including phenoxy) is 1. The summed E-state index contributed by atoms with van der Waals surface area (Å²) in [6, 6.07) is 2.05. The van der Waals surface area contributed by atoms with Crippen molar-refractivity contribution in [3.8, 4) is 0 Å². The maximum atomic E-state index is 11.5. The molecule has 0 amide bonds. The summed E-state index contributed by atoms with van der Waals surface area (Å²) in [5.74, 6) is 0.459. The van der Waals surface area contributed by atoms with Crippen molar-refractivity contribution in [2.75, 3.05) is 20.2 Å². The third-order valence-corrected chi connectivity index (χ3v) is 3.96. The van der Waals surface area contributed by atoms with Gasteiger partial charge in [-0.25, -0.2) is 4.79 Å². The Morgan fingerprint density at radius 3 is 3.25 bits per heavy atom. The topological polar surface area (TPSA) is 38.3 Å². The minimum atomic E-state index is -0.200. The first-order chi connectivity index (χ1) is 7.81. The van der Waals surface area contributed by atoms with Crippen LogP contribution in [-0.2, 0) is 11.2 Å². The van der Waals surface area contributed by atoms with E-state index in [0.29, 0.717) is 5.92 Å². The lowest BCUT2D eigenvalue weighted by Crippen LogP contribution is -2.31. The Morgan fingerprint density at radius 1 is 1.69 bits per heavy atom. The van der Waals surface area contributed by atoms with Crippen molar-refractivity contribution < 1.29 is 9.53 Å². The highest BCUT2D eigenvalue weighted by atomic mass is 32.1. The van der Waals surface area contributed by atoms with Gasteiger partial charge in [-0.15, -0.1) is 11.3 Å². The van der Waals surface area contributed by atoms with Crippen molar-refractivity contribution in [2.24, 2.45) is 5.92 Å². The highest BCUT2D eigenvalue weighted by Gasteiger charge is 2.19. The zero-order chi connectivity index (χ0) is 11.4. The summed E-state index contributed by atoms with van der Waals surface area (Å²) in [5, 5.41) is 5.37. The van der Waals surface area contributed by atoms with Crippen LogP contribution in [0.3, 0.4) is 0 Å². The van der Waals surface area contributed by atoms with E-state index in [0.717, 1.165) is 30.0 Å². The molecule has 2 rings (SSSR count). The summed E-state index contributed by atoms with van der Waals surface area (Å²) in [5.41, 5.74) is 1.14. The lowest BCUT2D eigenvalue weighted by Gasteiger charge is -2.22. The third kappa shape index (κ3) is 2.62. The zero-order valence-electron chi connectivity index (χ0n) is 9.49. The number of carbonyl (C=O) groups is 1. The van der Waals surface area contributed by atoms with Crippen molar-refractivity contribution in [1.29, 1.82) is 0 Å². The van der Waals surface area contributed by atoms with Crippen LogP contribution in [0.15, 0.2) is 11.4 Å². The number of methoxy groups -OCH3 is 1. The Balaban J connectivity index is 2.03. The van der Waals surface area contributed by atoms with Crippen LogP contribution in [0.2, 0.25) is 0 Å². The molecule has 1 aromatic heterocycles. The van der Waals surface area contributed by atoms with Crippen molar-refractivity contribution in [1.82, 2.24) is 5.32 Å². The van der Waals surface area contributed by atoms with E-state index in [1.54, 1.807) is 0 Å². The molecule has 88 valence electrons. The highest BCUT2D eigenvalue weighted by molar-refractivity contribution is 7.12. The Bertz CT molecular complexity index is 356. The molecule has 1 unspecified atom stereocenters. The van der Waals surface area contributed by atoms with Gasteiger partial charge in [0.1, 0.15) is 4.88 Å². The van der Waals surface area contributed by atoms with Crippen LogP contribution >= 0.6 is 11.3 Å². The van der Waals surface area contributed by atoms with Crippen LogP contribution in [0, 0.1) is 5.92 Å². The van der Waals surface area contributed by atoms with Gasteiger partial charge >= 0.3 is 5.97 Å². The van der Waals surface area contributed by atoms with E-state index in [9.17, 15) is 4.79 Å². The fraction of sp³-hybridized carbons (Fsp3) is 0.583. The Hall–Kier alpha value is -0.870. The van der Waals surface area contributed by atoms with E-state index in [-0.39, 0.29) is 5.97 Å². The average Bonchev–Trinajstić information content (AvgIpc) is 2.77. The van der Waals surface area contributed by atoms with Gasteiger partial charge in [0.2, 0.25) is 0 Å². The maximum absolute atomic E-state index is 11.5. The Morgan fingerprint density at radius 2 is 2.56 bits per heavy atom. The normalized spacial score (nSPS) is 20.7. The van der Waals surface area contributed by atoms with Gasteiger partial charge in [0.05, 0.1) is 7.11 Å². The largest absolute Gasteiger partial charge is 0.465 e. The molecule has 0 spiro atoms. The van der Waals surface area contributed by atoms with Gasteiger partial charge < -0.3 is 10.1 Å². The summed E-state index contributed by atoms with van der Waals surface area (Å²) in [4.78, 5) is 12.3. The molecule has 1 aliphatic rings. The lowest BCUT2D eigenvalue weighted by atomic mass is 9.92. The lowest BCUT2D eigenvalue weighted by molar-refractivity contribution is 0.0605. The highest BCUT2D eigenvalue weighted by Crippen LogP contribution is 2.23. The predicted molar refractivity (Wildman–Crippen MR) is 65.0 cm³/mol. The SMILES string of the molecule is COC(=O)c1sccc1CC1CCCNC1. The quantitative estimate of drug-likeness (QED) is 0.821. The molecule has 3 nitrogen and oxygen atoms in total. The summed E-state index contributed by atoms with van der Waals surface area (Å²) >= 11 is 1.48. The molecule has 1 atom stereocenters. The molecular formula is C12H17NO2S. The van der Waals surface area contributed by atoms with Crippen LogP contribution in [-0.4, -0.2) is 26.2 Å². The van der Waals surface area contributed by atoms with E-state index >= 15 is 0 Å². The molecule has 0 radical (unpaired) electrons. The van der Waals surface area contributed by atoms with Crippen molar-refractivity contribution in [3.63, 3.8) is 0 Å². The second-order valence-corrected chi connectivity index (χ2v) is 5.10. The predicted octanol–water partition coefficient (Wildman–Crippen LogP) is 2.08. The van der Waals surface area contributed by atoms with Crippen LogP contribution in [0.25, 0.3) is 0 Å². The zero-order valence-corrected chi connectivity index (χ0v) is 10.3. The Labute approximate surface area is 99.8 Å².